The van der Waals surface area contributed by atoms with Gasteiger partial charge in [-0.1, -0.05) is 6.92 Å². The third-order valence-electron chi connectivity index (χ3n) is 2.04. The lowest BCUT2D eigenvalue weighted by molar-refractivity contribution is 0.000992. The number of cyclic esters (lactones) is 2. The molecule has 0 saturated carbocycles. The molecule has 0 aromatic heterocycles. The first-order chi connectivity index (χ1) is 7.72. The van der Waals surface area contributed by atoms with Crippen LogP contribution in [-0.2, 0) is 18.9 Å². The molecule has 0 bridgehead atoms. The molecule has 6 nitrogen and oxygen atoms in total. The lowest BCUT2D eigenvalue weighted by Gasteiger charge is -2.10. The highest BCUT2D eigenvalue weighted by Crippen LogP contribution is 2.05. The van der Waals surface area contributed by atoms with E-state index in [1.54, 1.807) is 0 Å². The molecule has 0 aliphatic carbocycles. The summed E-state index contributed by atoms with van der Waals surface area (Å²) >= 11 is 0. The van der Waals surface area contributed by atoms with Gasteiger partial charge in [0.2, 0.25) is 0 Å². The number of ether oxygens (including phenoxy) is 4. The Labute approximate surface area is 94.4 Å². The van der Waals surface area contributed by atoms with Crippen LogP contribution in [0.25, 0.3) is 0 Å². The molecule has 0 spiro atoms. The van der Waals surface area contributed by atoms with Crippen molar-refractivity contribution in [3.8, 4) is 0 Å². The molecule has 1 rings (SSSR count). The third kappa shape index (κ3) is 5.29. The van der Waals surface area contributed by atoms with Crippen LogP contribution in [0, 0.1) is 5.92 Å². The summed E-state index contributed by atoms with van der Waals surface area (Å²) in [5, 5.41) is 8.73. The summed E-state index contributed by atoms with van der Waals surface area (Å²) in [6.07, 6.45) is -0.939. The first-order valence-corrected chi connectivity index (χ1v) is 5.32. The molecule has 1 aliphatic rings. The fourth-order valence-electron chi connectivity index (χ4n) is 1.12. The van der Waals surface area contributed by atoms with Crippen molar-refractivity contribution < 1.29 is 28.8 Å². The highest BCUT2D eigenvalue weighted by molar-refractivity contribution is 5.61. The molecule has 1 N–H and O–H groups in total. The molecule has 0 aromatic carbocycles. The minimum Gasteiger partial charge on any atom is -0.430 e. The maximum absolute atomic E-state index is 10.5. The van der Waals surface area contributed by atoms with Crippen molar-refractivity contribution in [1.29, 1.82) is 0 Å². The van der Waals surface area contributed by atoms with Crippen LogP contribution in [0.2, 0.25) is 0 Å². The second kappa shape index (κ2) is 7.43. The lowest BCUT2D eigenvalue weighted by atomic mass is 10.2. The normalized spacial score (nSPS) is 21.6. The van der Waals surface area contributed by atoms with Crippen LogP contribution in [0.15, 0.2) is 0 Å². The van der Waals surface area contributed by atoms with Gasteiger partial charge in [0, 0.05) is 12.5 Å². The minimum atomic E-state index is -0.637. The van der Waals surface area contributed by atoms with Crippen molar-refractivity contribution in [2.24, 2.45) is 5.92 Å². The molecule has 1 saturated heterocycles. The molecule has 2 unspecified atom stereocenters. The minimum absolute atomic E-state index is 0.121. The van der Waals surface area contributed by atoms with E-state index >= 15 is 0 Å². The zero-order chi connectivity index (χ0) is 11.8. The maximum Gasteiger partial charge on any atom is 0.508 e. The Balaban J connectivity index is 1.86. The average Bonchev–Trinajstić information content (AvgIpc) is 2.69. The fraction of sp³-hybridized carbons (Fsp3) is 0.900. The molecule has 0 aromatic rings. The smallest absolute Gasteiger partial charge is 0.430 e. The fourth-order valence-corrected chi connectivity index (χ4v) is 1.12. The van der Waals surface area contributed by atoms with Crippen molar-refractivity contribution in [1.82, 2.24) is 0 Å². The summed E-state index contributed by atoms with van der Waals surface area (Å²) in [4.78, 5) is 10.5. The third-order valence-corrected chi connectivity index (χ3v) is 2.04. The SMILES string of the molecule is CC(CO)COCCOCC1COC(=O)O1. The highest BCUT2D eigenvalue weighted by atomic mass is 16.8. The van der Waals surface area contributed by atoms with Crippen LogP contribution >= 0.6 is 0 Å². The largest absolute Gasteiger partial charge is 0.508 e. The summed E-state index contributed by atoms with van der Waals surface area (Å²) in [6, 6.07) is 0. The van der Waals surface area contributed by atoms with Crippen LogP contribution in [0.3, 0.4) is 0 Å². The van der Waals surface area contributed by atoms with Gasteiger partial charge in [-0.05, 0) is 0 Å². The predicted molar refractivity (Wildman–Crippen MR) is 54.1 cm³/mol. The van der Waals surface area contributed by atoms with Gasteiger partial charge in [0.15, 0.2) is 6.10 Å². The van der Waals surface area contributed by atoms with E-state index in [4.69, 9.17) is 19.3 Å². The number of carbonyl (C=O) groups excluding carboxylic acids is 1. The monoisotopic (exact) mass is 234 g/mol. The zero-order valence-electron chi connectivity index (χ0n) is 9.39. The Morgan fingerprint density at radius 3 is 2.88 bits per heavy atom. The van der Waals surface area contributed by atoms with Crippen molar-refractivity contribution >= 4 is 6.16 Å². The van der Waals surface area contributed by atoms with Crippen molar-refractivity contribution in [2.75, 3.05) is 39.6 Å². The van der Waals surface area contributed by atoms with Gasteiger partial charge in [-0.2, -0.15) is 0 Å². The second-order valence-corrected chi connectivity index (χ2v) is 3.74. The number of hydrogen-bond donors (Lipinski definition) is 1. The molecular formula is C10H18O6. The molecule has 0 radical (unpaired) electrons. The van der Waals surface area contributed by atoms with Gasteiger partial charge in [0.1, 0.15) is 6.61 Å². The summed E-state index contributed by atoms with van der Waals surface area (Å²) in [5.41, 5.74) is 0. The second-order valence-electron chi connectivity index (χ2n) is 3.74. The average molecular weight is 234 g/mol. The standard InChI is InChI=1S/C10H18O6/c1-8(4-11)5-13-2-3-14-6-9-7-15-10(12)16-9/h8-9,11H,2-7H2,1H3. The van der Waals surface area contributed by atoms with E-state index in [0.717, 1.165) is 0 Å². The Kier molecular flexibility index (Phi) is 6.14. The van der Waals surface area contributed by atoms with Crippen LogP contribution in [0.4, 0.5) is 4.79 Å². The van der Waals surface area contributed by atoms with Crippen molar-refractivity contribution in [2.45, 2.75) is 13.0 Å². The first-order valence-electron chi connectivity index (χ1n) is 5.32. The van der Waals surface area contributed by atoms with Gasteiger partial charge in [0.25, 0.3) is 0 Å². The number of aliphatic hydroxyl groups is 1. The summed E-state index contributed by atoms with van der Waals surface area (Å²) in [5.74, 6) is 0.143. The molecular weight excluding hydrogens is 216 g/mol. The highest BCUT2D eigenvalue weighted by Gasteiger charge is 2.24. The number of carbonyl (C=O) groups is 1. The summed E-state index contributed by atoms with van der Waals surface area (Å²) in [6.45, 7) is 4.01. The van der Waals surface area contributed by atoms with E-state index in [-0.39, 0.29) is 25.2 Å². The van der Waals surface area contributed by atoms with Gasteiger partial charge in [-0.25, -0.2) is 4.79 Å². The molecule has 2 atom stereocenters. The summed E-state index contributed by atoms with van der Waals surface area (Å²) < 4.78 is 19.8. The molecule has 94 valence electrons. The topological polar surface area (TPSA) is 74.2 Å². The van der Waals surface area contributed by atoms with Crippen molar-refractivity contribution in [3.63, 3.8) is 0 Å². The van der Waals surface area contributed by atoms with E-state index in [1.807, 2.05) is 6.92 Å². The Hall–Kier alpha value is -0.850. The maximum atomic E-state index is 10.5. The quantitative estimate of drug-likeness (QED) is 0.477. The molecule has 1 aliphatic heterocycles. The van der Waals surface area contributed by atoms with Crippen LogP contribution in [-0.4, -0.2) is 57.0 Å². The van der Waals surface area contributed by atoms with E-state index in [0.29, 0.717) is 26.4 Å². The molecule has 0 amide bonds. The van der Waals surface area contributed by atoms with Gasteiger partial charge in [0.05, 0.1) is 26.4 Å². The first kappa shape index (κ1) is 13.2. The van der Waals surface area contributed by atoms with Crippen LogP contribution < -0.4 is 0 Å². The zero-order valence-corrected chi connectivity index (χ0v) is 9.39. The number of aliphatic hydroxyl groups excluding tert-OH is 1. The molecule has 16 heavy (non-hydrogen) atoms. The van der Waals surface area contributed by atoms with Gasteiger partial charge in [-0.15, -0.1) is 0 Å². The number of hydrogen-bond acceptors (Lipinski definition) is 6. The van der Waals surface area contributed by atoms with Crippen LogP contribution in [0.1, 0.15) is 6.92 Å². The lowest BCUT2D eigenvalue weighted by Crippen LogP contribution is -2.20. The van der Waals surface area contributed by atoms with Gasteiger partial charge >= 0.3 is 6.16 Å². The summed E-state index contributed by atoms with van der Waals surface area (Å²) in [7, 11) is 0. The molecule has 6 heteroatoms. The Morgan fingerprint density at radius 2 is 2.25 bits per heavy atom. The van der Waals surface area contributed by atoms with E-state index in [2.05, 4.69) is 4.74 Å². The Bertz CT molecular complexity index is 207. The van der Waals surface area contributed by atoms with E-state index < -0.39 is 6.16 Å². The van der Waals surface area contributed by atoms with Crippen molar-refractivity contribution in [3.05, 3.63) is 0 Å². The van der Waals surface area contributed by atoms with E-state index in [1.165, 1.54) is 0 Å². The van der Waals surface area contributed by atoms with E-state index in [9.17, 15) is 4.79 Å². The Morgan fingerprint density at radius 1 is 1.50 bits per heavy atom. The van der Waals surface area contributed by atoms with Gasteiger partial charge < -0.3 is 24.1 Å². The van der Waals surface area contributed by atoms with Gasteiger partial charge in [-0.3, -0.25) is 0 Å². The van der Waals surface area contributed by atoms with Crippen LogP contribution in [0.5, 0.6) is 0 Å². The number of rotatable bonds is 8. The predicted octanol–water partition coefficient (Wildman–Crippen LogP) is 0.183. The molecule has 1 fully saturated rings. The molecule has 1 heterocycles.